The van der Waals surface area contributed by atoms with Gasteiger partial charge in [0, 0.05) is 0 Å². The van der Waals surface area contributed by atoms with Crippen LogP contribution in [0.4, 0.5) is 0 Å². The van der Waals surface area contributed by atoms with Crippen LogP contribution in [0, 0.1) is 17.3 Å². The summed E-state index contributed by atoms with van der Waals surface area (Å²) < 4.78 is 11.4. The summed E-state index contributed by atoms with van der Waals surface area (Å²) in [6.07, 6.45) is 8.73. The fraction of sp³-hybridized carbons (Fsp3) is 0.458. The minimum absolute atomic E-state index is 0.0313. The van der Waals surface area contributed by atoms with Crippen LogP contribution in [0.1, 0.15) is 50.0 Å². The molecule has 34 heavy (non-hydrogen) atoms. The van der Waals surface area contributed by atoms with E-state index in [-0.39, 0.29) is 18.1 Å². The van der Waals surface area contributed by atoms with Crippen LogP contribution in [-0.4, -0.2) is 32.3 Å². The van der Waals surface area contributed by atoms with Gasteiger partial charge in [0.15, 0.2) is 6.33 Å². The molecular weight excluding hydrogens is 456 g/mol. The minimum Gasteiger partial charge on any atom is -0.484 e. The number of carbonyl (C=O) groups excluding carboxylic acids is 1. The number of rotatable bonds is 7. The average Bonchev–Trinajstić information content (AvgIpc) is 3.51. The number of hydrogen-bond donors (Lipinski definition) is 1. The van der Waals surface area contributed by atoms with Crippen molar-refractivity contribution in [1.82, 2.24) is 25.6 Å². The van der Waals surface area contributed by atoms with Crippen LogP contribution in [0.25, 0.3) is 0 Å². The Labute approximate surface area is 201 Å². The van der Waals surface area contributed by atoms with Gasteiger partial charge in [0.05, 0.1) is 22.2 Å². The Kier molecular flexibility index (Phi) is 5.17. The molecule has 2 heterocycles. The van der Waals surface area contributed by atoms with E-state index >= 15 is 0 Å². The third-order valence-electron chi connectivity index (χ3n) is 7.53. The third kappa shape index (κ3) is 3.77. The highest BCUT2D eigenvalue weighted by molar-refractivity contribution is 6.32. The second kappa shape index (κ2) is 8.23. The molecule has 10 heteroatoms. The van der Waals surface area contributed by atoms with Gasteiger partial charge in [0.25, 0.3) is 0 Å². The second-order valence-corrected chi connectivity index (χ2v) is 10.3. The summed E-state index contributed by atoms with van der Waals surface area (Å²) in [7, 11) is 0. The summed E-state index contributed by atoms with van der Waals surface area (Å²) >= 11 is 6.12. The molecule has 1 aromatic carbocycles. The summed E-state index contributed by atoms with van der Waals surface area (Å²) in [5, 5.41) is 17.2. The number of nitrogens with one attached hydrogen (secondary N) is 1. The van der Waals surface area contributed by atoms with Crippen molar-refractivity contribution in [3.05, 3.63) is 59.3 Å². The van der Waals surface area contributed by atoms with E-state index in [2.05, 4.69) is 25.9 Å². The Balaban J connectivity index is 1.10. The molecule has 0 spiro atoms. The standard InChI is InChI=1S/C24H25ClN6O3/c25-20-3-1-2-4-21(20)33-13-19-6-5-18(34-19)12-26-29-22(32)23-8-16-7-17(9-23)11-24(10-16,14-23)31-28-15-27-30-31/h1-6,12,15-17H,7-11,13-14H2,(H,29,32). The molecule has 3 aromatic rings. The summed E-state index contributed by atoms with van der Waals surface area (Å²) in [6, 6.07) is 10.9. The predicted octanol–water partition coefficient (Wildman–Crippen LogP) is 3.94. The lowest BCUT2D eigenvalue weighted by Gasteiger charge is -2.60. The Morgan fingerprint density at radius 1 is 1.24 bits per heavy atom. The molecule has 176 valence electrons. The number of para-hydroxylation sites is 1. The first-order valence-corrected chi connectivity index (χ1v) is 11.9. The molecule has 9 nitrogen and oxygen atoms in total. The van der Waals surface area contributed by atoms with E-state index < -0.39 is 5.41 Å². The summed E-state index contributed by atoms with van der Waals surface area (Å²) in [4.78, 5) is 15.1. The second-order valence-electron chi connectivity index (χ2n) is 9.91. The number of tetrazole rings is 1. The molecular formula is C24H25ClN6O3. The molecule has 4 bridgehead atoms. The van der Waals surface area contributed by atoms with Gasteiger partial charge in [0.2, 0.25) is 5.91 Å². The number of aromatic nitrogens is 4. The Hall–Kier alpha value is -3.20. The first kappa shape index (κ1) is 21.3. The molecule has 1 N–H and O–H groups in total. The van der Waals surface area contributed by atoms with Gasteiger partial charge >= 0.3 is 0 Å². The van der Waals surface area contributed by atoms with Crippen LogP contribution in [0.3, 0.4) is 0 Å². The van der Waals surface area contributed by atoms with Gasteiger partial charge < -0.3 is 9.15 Å². The highest BCUT2D eigenvalue weighted by atomic mass is 35.5. The highest BCUT2D eigenvalue weighted by Gasteiger charge is 2.62. The SMILES string of the molecule is O=C(NN=Cc1ccc(COc2ccccc2Cl)o1)C12CC3CC(C1)CC(n1ncnn1)(C3)C2. The molecule has 2 unspecified atom stereocenters. The summed E-state index contributed by atoms with van der Waals surface area (Å²) in [5.74, 6) is 2.75. The van der Waals surface area contributed by atoms with E-state index in [9.17, 15) is 4.79 Å². The van der Waals surface area contributed by atoms with Gasteiger partial charge in [-0.25, -0.2) is 5.43 Å². The Morgan fingerprint density at radius 2 is 2.06 bits per heavy atom. The molecule has 4 aliphatic rings. The van der Waals surface area contributed by atoms with E-state index in [0.29, 0.717) is 34.1 Å². The molecule has 2 atom stereocenters. The first-order chi connectivity index (χ1) is 16.5. The number of ether oxygens (including phenoxy) is 1. The third-order valence-corrected chi connectivity index (χ3v) is 7.84. The van der Waals surface area contributed by atoms with Crippen LogP contribution in [0.15, 0.2) is 52.2 Å². The number of halogens is 1. The van der Waals surface area contributed by atoms with Crippen LogP contribution in [-0.2, 0) is 16.9 Å². The fourth-order valence-corrected chi connectivity index (χ4v) is 6.81. The lowest BCUT2D eigenvalue weighted by molar-refractivity contribution is -0.157. The fourth-order valence-electron chi connectivity index (χ4n) is 6.62. The van der Waals surface area contributed by atoms with Gasteiger partial charge in [-0.15, -0.1) is 10.2 Å². The van der Waals surface area contributed by atoms with E-state index in [1.54, 1.807) is 23.0 Å². The lowest BCUT2D eigenvalue weighted by atomic mass is 9.46. The molecule has 4 aliphatic carbocycles. The van der Waals surface area contributed by atoms with E-state index in [1.165, 1.54) is 19.0 Å². The Morgan fingerprint density at radius 3 is 2.82 bits per heavy atom. The first-order valence-electron chi connectivity index (χ1n) is 11.6. The number of furan rings is 1. The maximum absolute atomic E-state index is 13.3. The monoisotopic (exact) mass is 480 g/mol. The molecule has 4 fully saturated rings. The molecule has 1 amide bonds. The van der Waals surface area contributed by atoms with E-state index in [1.807, 2.05) is 18.2 Å². The number of hydrazone groups is 1. The summed E-state index contributed by atoms with van der Waals surface area (Å²) in [6.45, 7) is 0.244. The van der Waals surface area contributed by atoms with E-state index in [0.717, 1.165) is 32.1 Å². The van der Waals surface area contributed by atoms with Crippen molar-refractivity contribution in [3.63, 3.8) is 0 Å². The Bertz CT molecular complexity index is 1210. The van der Waals surface area contributed by atoms with Gasteiger partial charge in [-0.2, -0.15) is 9.90 Å². The topological polar surface area (TPSA) is 107 Å². The van der Waals surface area contributed by atoms with Gasteiger partial charge in [-0.05, 0) is 79.8 Å². The zero-order valence-corrected chi connectivity index (χ0v) is 19.3. The van der Waals surface area contributed by atoms with Crippen molar-refractivity contribution >= 4 is 23.7 Å². The van der Waals surface area contributed by atoms with Crippen molar-refractivity contribution in [2.24, 2.45) is 22.4 Å². The van der Waals surface area contributed by atoms with Gasteiger partial charge in [-0.3, -0.25) is 4.79 Å². The van der Waals surface area contributed by atoms with Gasteiger partial charge in [0.1, 0.15) is 23.9 Å². The van der Waals surface area contributed by atoms with E-state index in [4.69, 9.17) is 20.8 Å². The molecule has 4 saturated carbocycles. The van der Waals surface area contributed by atoms with Crippen molar-refractivity contribution in [1.29, 1.82) is 0 Å². The van der Waals surface area contributed by atoms with Crippen LogP contribution in [0.2, 0.25) is 5.02 Å². The minimum atomic E-state index is -0.438. The maximum atomic E-state index is 13.3. The molecule has 0 saturated heterocycles. The van der Waals surface area contributed by atoms with Crippen molar-refractivity contribution in [2.45, 2.75) is 50.7 Å². The molecule has 2 aromatic heterocycles. The zero-order chi connectivity index (χ0) is 23.2. The number of amides is 1. The normalized spacial score (nSPS) is 29.6. The molecule has 0 radical (unpaired) electrons. The largest absolute Gasteiger partial charge is 0.484 e. The number of benzene rings is 1. The zero-order valence-electron chi connectivity index (χ0n) is 18.6. The molecule has 0 aliphatic heterocycles. The predicted molar refractivity (Wildman–Crippen MR) is 123 cm³/mol. The molecule has 7 rings (SSSR count). The van der Waals surface area contributed by atoms with Crippen molar-refractivity contribution in [3.8, 4) is 5.75 Å². The van der Waals surface area contributed by atoms with Crippen LogP contribution < -0.4 is 10.2 Å². The average molecular weight is 481 g/mol. The number of nitrogens with zero attached hydrogens (tertiary/aromatic N) is 5. The number of hydrogen-bond acceptors (Lipinski definition) is 7. The smallest absolute Gasteiger partial charge is 0.246 e. The quantitative estimate of drug-likeness (QED) is 0.405. The van der Waals surface area contributed by atoms with Crippen LogP contribution >= 0.6 is 11.6 Å². The van der Waals surface area contributed by atoms with Crippen molar-refractivity contribution < 1.29 is 13.9 Å². The lowest BCUT2D eigenvalue weighted by Crippen LogP contribution is -2.61. The van der Waals surface area contributed by atoms with Crippen molar-refractivity contribution in [2.75, 3.05) is 0 Å². The highest BCUT2D eigenvalue weighted by Crippen LogP contribution is 2.63. The van der Waals surface area contributed by atoms with Gasteiger partial charge in [-0.1, -0.05) is 23.7 Å². The summed E-state index contributed by atoms with van der Waals surface area (Å²) in [5.41, 5.74) is 2.13. The van der Waals surface area contributed by atoms with Crippen LogP contribution in [0.5, 0.6) is 5.75 Å². The maximum Gasteiger partial charge on any atom is 0.246 e. The number of carbonyl (C=O) groups is 1.